The Morgan fingerprint density at radius 1 is 1.22 bits per heavy atom. The molecule has 0 aliphatic rings. The number of carbonyl (C=O) groups is 1. The summed E-state index contributed by atoms with van der Waals surface area (Å²) >= 11 is 12.1. The minimum atomic E-state index is -0.808. The molecule has 5 nitrogen and oxygen atoms in total. The second-order valence-electron chi connectivity index (χ2n) is 5.31. The van der Waals surface area contributed by atoms with Crippen molar-refractivity contribution >= 4 is 35.3 Å². The van der Waals surface area contributed by atoms with Crippen molar-refractivity contribution in [3.63, 3.8) is 0 Å². The van der Waals surface area contributed by atoms with Gasteiger partial charge in [0.05, 0.1) is 33.5 Å². The van der Waals surface area contributed by atoms with Crippen LogP contribution in [0.5, 0.6) is 0 Å². The Kier molecular flexibility index (Phi) is 5.55. The predicted octanol–water partition coefficient (Wildman–Crippen LogP) is 5.03. The summed E-state index contributed by atoms with van der Waals surface area (Å²) in [6.45, 7) is 0. The highest BCUT2D eigenvalue weighted by Crippen LogP contribution is 2.34. The predicted molar refractivity (Wildman–Crippen MR) is 100 cm³/mol. The summed E-state index contributed by atoms with van der Waals surface area (Å²) in [7, 11) is 0. The highest BCUT2D eigenvalue weighted by molar-refractivity contribution is 6.43. The Bertz CT molecular complexity index is 1090. The number of hydrazone groups is 1. The number of amides is 1. The Hall–Kier alpha value is -3.14. The van der Waals surface area contributed by atoms with Crippen molar-refractivity contribution < 1.29 is 13.6 Å². The van der Waals surface area contributed by atoms with Crippen molar-refractivity contribution in [2.24, 2.45) is 5.10 Å². The van der Waals surface area contributed by atoms with E-state index in [4.69, 9.17) is 32.9 Å². The minimum Gasteiger partial charge on any atom is -0.455 e. The van der Waals surface area contributed by atoms with Crippen molar-refractivity contribution in [1.82, 2.24) is 5.43 Å². The third kappa shape index (κ3) is 4.17. The molecule has 0 aliphatic heterocycles. The molecule has 27 heavy (non-hydrogen) atoms. The summed E-state index contributed by atoms with van der Waals surface area (Å²) < 4.78 is 19.4. The number of rotatable bonds is 4. The van der Waals surface area contributed by atoms with Crippen LogP contribution < -0.4 is 5.43 Å². The van der Waals surface area contributed by atoms with E-state index in [0.29, 0.717) is 27.1 Å². The molecule has 8 heteroatoms. The first-order chi connectivity index (χ1) is 13.0. The maximum atomic E-state index is 13.8. The van der Waals surface area contributed by atoms with E-state index in [9.17, 15) is 9.18 Å². The van der Waals surface area contributed by atoms with E-state index in [0.717, 1.165) is 6.07 Å². The fourth-order valence-corrected chi connectivity index (χ4v) is 2.64. The second kappa shape index (κ2) is 8.04. The van der Waals surface area contributed by atoms with Crippen LogP contribution in [-0.4, -0.2) is 12.1 Å². The third-order valence-corrected chi connectivity index (χ3v) is 4.36. The van der Waals surface area contributed by atoms with Crippen LogP contribution in [0.2, 0.25) is 10.0 Å². The average molecular weight is 402 g/mol. The van der Waals surface area contributed by atoms with Crippen LogP contribution in [0.3, 0.4) is 0 Å². The number of furan rings is 1. The van der Waals surface area contributed by atoms with Crippen molar-refractivity contribution in [1.29, 1.82) is 5.26 Å². The lowest BCUT2D eigenvalue weighted by atomic mass is 10.1. The lowest BCUT2D eigenvalue weighted by Gasteiger charge is -2.02. The van der Waals surface area contributed by atoms with E-state index in [1.54, 1.807) is 36.4 Å². The first-order valence-corrected chi connectivity index (χ1v) is 8.32. The molecule has 1 aromatic heterocycles. The van der Waals surface area contributed by atoms with Crippen molar-refractivity contribution in [2.75, 3.05) is 0 Å². The molecule has 1 N–H and O–H groups in total. The molecule has 0 saturated carbocycles. The molecular formula is C19H10Cl2FN3O2. The van der Waals surface area contributed by atoms with Gasteiger partial charge in [0.25, 0.3) is 5.91 Å². The van der Waals surface area contributed by atoms with Gasteiger partial charge in [0, 0.05) is 5.56 Å². The zero-order valence-electron chi connectivity index (χ0n) is 13.5. The fourth-order valence-electron chi connectivity index (χ4n) is 2.24. The molecule has 3 rings (SSSR count). The Morgan fingerprint density at radius 2 is 2.04 bits per heavy atom. The molecular weight excluding hydrogens is 392 g/mol. The van der Waals surface area contributed by atoms with E-state index in [1.165, 1.54) is 18.3 Å². The zero-order valence-corrected chi connectivity index (χ0v) is 15.1. The number of nitrogens with zero attached hydrogens (tertiary/aromatic N) is 2. The van der Waals surface area contributed by atoms with Crippen molar-refractivity contribution in [3.8, 4) is 17.4 Å². The van der Waals surface area contributed by atoms with Gasteiger partial charge in [-0.3, -0.25) is 4.79 Å². The normalized spacial score (nSPS) is 10.7. The molecule has 0 bridgehead atoms. The van der Waals surface area contributed by atoms with Gasteiger partial charge in [0.15, 0.2) is 0 Å². The molecule has 2 aromatic carbocycles. The summed E-state index contributed by atoms with van der Waals surface area (Å²) in [5.74, 6) is -0.731. The maximum absolute atomic E-state index is 13.8. The molecule has 0 unspecified atom stereocenters. The highest BCUT2D eigenvalue weighted by Gasteiger charge is 2.12. The fraction of sp³-hybridized carbons (Fsp3) is 0. The van der Waals surface area contributed by atoms with E-state index >= 15 is 0 Å². The molecule has 134 valence electrons. The molecule has 0 atom stereocenters. The standard InChI is InChI=1S/C19H10Cl2FN3O2/c20-15-3-1-2-14(18(15)21)17-7-5-12(27-17)10-24-25-19(26)13-6-4-11(9-23)8-16(13)22/h1-8,10H,(H,25,26)/b24-10+. The summed E-state index contributed by atoms with van der Waals surface area (Å²) in [6, 6.07) is 13.8. The lowest BCUT2D eigenvalue weighted by molar-refractivity contribution is 0.0951. The van der Waals surface area contributed by atoms with Gasteiger partial charge in [-0.1, -0.05) is 29.3 Å². The number of halogens is 3. The molecule has 0 fully saturated rings. The largest absolute Gasteiger partial charge is 0.455 e. The van der Waals surface area contributed by atoms with Crippen LogP contribution in [0.1, 0.15) is 21.7 Å². The van der Waals surface area contributed by atoms with Gasteiger partial charge in [0.2, 0.25) is 0 Å². The molecule has 1 heterocycles. The smallest absolute Gasteiger partial charge is 0.274 e. The quantitative estimate of drug-likeness (QED) is 0.491. The van der Waals surface area contributed by atoms with Crippen LogP contribution in [0.4, 0.5) is 4.39 Å². The number of carbonyl (C=O) groups excluding carboxylic acids is 1. The van der Waals surface area contributed by atoms with Gasteiger partial charge in [-0.15, -0.1) is 0 Å². The van der Waals surface area contributed by atoms with E-state index in [1.807, 2.05) is 0 Å². The average Bonchev–Trinajstić information content (AvgIpc) is 3.12. The molecule has 0 spiro atoms. The number of hydrogen-bond acceptors (Lipinski definition) is 4. The number of nitrogens with one attached hydrogen (secondary N) is 1. The summed E-state index contributed by atoms with van der Waals surface area (Å²) in [5, 5.41) is 13.2. The maximum Gasteiger partial charge on any atom is 0.274 e. The van der Waals surface area contributed by atoms with Gasteiger partial charge in [-0.25, -0.2) is 9.82 Å². The van der Waals surface area contributed by atoms with E-state index in [-0.39, 0.29) is 11.1 Å². The SMILES string of the molecule is N#Cc1ccc(C(=O)N/N=C/c2ccc(-c3cccc(Cl)c3Cl)o2)c(F)c1. The topological polar surface area (TPSA) is 78.4 Å². The van der Waals surface area contributed by atoms with Gasteiger partial charge in [-0.05, 0) is 42.5 Å². The monoisotopic (exact) mass is 401 g/mol. The van der Waals surface area contributed by atoms with Gasteiger partial charge in [-0.2, -0.15) is 10.4 Å². The van der Waals surface area contributed by atoms with Crippen LogP contribution in [0.25, 0.3) is 11.3 Å². The van der Waals surface area contributed by atoms with E-state index < -0.39 is 11.7 Å². The third-order valence-electron chi connectivity index (χ3n) is 3.54. The molecule has 0 radical (unpaired) electrons. The molecule has 3 aromatic rings. The van der Waals surface area contributed by atoms with Crippen molar-refractivity contribution in [2.45, 2.75) is 0 Å². The van der Waals surface area contributed by atoms with Crippen LogP contribution in [0, 0.1) is 17.1 Å². The van der Waals surface area contributed by atoms with Gasteiger partial charge in [0.1, 0.15) is 17.3 Å². The minimum absolute atomic E-state index is 0.121. The zero-order chi connectivity index (χ0) is 19.4. The Labute approximate surface area is 163 Å². The number of benzene rings is 2. The van der Waals surface area contributed by atoms with Crippen LogP contribution >= 0.6 is 23.2 Å². The lowest BCUT2D eigenvalue weighted by Crippen LogP contribution is -2.19. The van der Waals surface area contributed by atoms with E-state index in [2.05, 4.69) is 10.5 Å². The van der Waals surface area contributed by atoms with Gasteiger partial charge >= 0.3 is 0 Å². The van der Waals surface area contributed by atoms with Crippen LogP contribution in [-0.2, 0) is 0 Å². The van der Waals surface area contributed by atoms with Crippen molar-refractivity contribution in [3.05, 3.63) is 81.3 Å². The summed E-state index contributed by atoms with van der Waals surface area (Å²) in [4.78, 5) is 12.0. The first kappa shape index (κ1) is 18.6. The Balaban J connectivity index is 1.71. The molecule has 1 amide bonds. The number of nitriles is 1. The first-order valence-electron chi connectivity index (χ1n) is 7.57. The summed E-state index contributed by atoms with van der Waals surface area (Å²) in [6.07, 6.45) is 1.27. The van der Waals surface area contributed by atoms with Gasteiger partial charge < -0.3 is 4.42 Å². The number of hydrogen-bond donors (Lipinski definition) is 1. The Morgan fingerprint density at radius 3 is 2.78 bits per heavy atom. The molecule has 0 saturated heterocycles. The second-order valence-corrected chi connectivity index (χ2v) is 6.09. The van der Waals surface area contributed by atoms with Crippen LogP contribution in [0.15, 0.2) is 58.0 Å². The molecule has 0 aliphatic carbocycles. The highest BCUT2D eigenvalue weighted by atomic mass is 35.5. The summed E-state index contributed by atoms with van der Waals surface area (Å²) in [5.41, 5.74) is 2.71.